The number of nitrogens with zero attached hydrogens (tertiary/aromatic N) is 1. The van der Waals surface area contributed by atoms with Crippen LogP contribution in [-0.2, 0) is 4.74 Å². The maximum absolute atomic E-state index is 5.98. The molecule has 7 heteroatoms. The number of hydrogen-bond acceptors (Lipinski definition) is 4. The van der Waals surface area contributed by atoms with Crippen LogP contribution in [0.25, 0.3) is 0 Å². The minimum absolute atomic E-state index is 0.0225. The number of aliphatic imine (C=N–C) groups is 1. The molecule has 1 atom stereocenters. The highest BCUT2D eigenvalue weighted by Crippen LogP contribution is 2.34. The Morgan fingerprint density at radius 1 is 1.35 bits per heavy atom. The second kappa shape index (κ2) is 11.0. The van der Waals surface area contributed by atoms with Crippen LogP contribution in [0.2, 0.25) is 0 Å². The van der Waals surface area contributed by atoms with Crippen molar-refractivity contribution < 1.29 is 9.47 Å². The molecule has 2 N–H and O–H groups in total. The number of thioether (sulfide) groups is 1. The summed E-state index contributed by atoms with van der Waals surface area (Å²) in [5.41, 5.74) is 0. The van der Waals surface area contributed by atoms with Crippen LogP contribution in [-0.4, -0.2) is 55.9 Å². The van der Waals surface area contributed by atoms with Crippen LogP contribution < -0.4 is 15.4 Å². The summed E-state index contributed by atoms with van der Waals surface area (Å²) in [6, 6.07) is 7.89. The Kier molecular flexibility index (Phi) is 9.08. The van der Waals surface area contributed by atoms with Crippen molar-refractivity contribution in [1.82, 2.24) is 10.6 Å². The number of para-hydroxylation sites is 1. The molecule has 1 aliphatic heterocycles. The fourth-order valence-electron chi connectivity index (χ4n) is 2.93. The fraction of sp³-hybridized carbons (Fsp3) is 0.632. The van der Waals surface area contributed by atoms with Crippen LogP contribution in [0.4, 0.5) is 0 Å². The van der Waals surface area contributed by atoms with E-state index in [4.69, 9.17) is 9.47 Å². The molecule has 0 radical (unpaired) electrons. The molecule has 5 nitrogen and oxygen atoms in total. The Morgan fingerprint density at radius 3 is 2.73 bits per heavy atom. The van der Waals surface area contributed by atoms with Crippen LogP contribution in [0, 0.1) is 0 Å². The third-order valence-electron chi connectivity index (χ3n) is 4.38. The number of benzene rings is 1. The first-order valence-electron chi connectivity index (χ1n) is 9.16. The summed E-state index contributed by atoms with van der Waals surface area (Å²) in [6.45, 7) is 7.53. The van der Waals surface area contributed by atoms with Crippen LogP contribution in [0.15, 0.2) is 33.7 Å². The number of ether oxygens (including phenoxy) is 2. The van der Waals surface area contributed by atoms with E-state index >= 15 is 0 Å². The Morgan fingerprint density at radius 2 is 2.08 bits per heavy atom. The number of hydrogen-bond donors (Lipinski definition) is 2. The van der Waals surface area contributed by atoms with E-state index < -0.39 is 0 Å². The second-order valence-corrected chi connectivity index (χ2v) is 8.98. The number of halogens is 1. The average Bonchev–Trinajstić information content (AvgIpc) is 2.65. The zero-order valence-electron chi connectivity index (χ0n) is 15.9. The van der Waals surface area contributed by atoms with E-state index in [1.54, 1.807) is 7.05 Å². The molecule has 0 saturated carbocycles. The van der Waals surface area contributed by atoms with E-state index in [-0.39, 0.29) is 10.9 Å². The van der Waals surface area contributed by atoms with Gasteiger partial charge >= 0.3 is 0 Å². The second-order valence-electron chi connectivity index (χ2n) is 6.39. The van der Waals surface area contributed by atoms with Gasteiger partial charge in [-0.25, -0.2) is 0 Å². The van der Waals surface area contributed by atoms with Gasteiger partial charge in [-0.2, -0.15) is 11.8 Å². The van der Waals surface area contributed by atoms with Crippen molar-refractivity contribution in [1.29, 1.82) is 0 Å². The fourth-order valence-corrected chi connectivity index (χ4v) is 4.55. The minimum atomic E-state index is 0.0225. The van der Waals surface area contributed by atoms with Crippen molar-refractivity contribution in [2.45, 2.75) is 37.5 Å². The minimum Gasteiger partial charge on any atom is -0.488 e. The van der Waals surface area contributed by atoms with Crippen molar-refractivity contribution in [2.75, 3.05) is 39.1 Å². The first kappa shape index (κ1) is 21.4. The summed E-state index contributed by atoms with van der Waals surface area (Å²) in [4.78, 5) is 4.35. The third-order valence-corrected chi connectivity index (χ3v) is 6.49. The summed E-state index contributed by atoms with van der Waals surface area (Å²) in [5, 5.41) is 6.86. The normalized spacial score (nSPS) is 18.2. The molecule has 26 heavy (non-hydrogen) atoms. The van der Waals surface area contributed by atoms with Gasteiger partial charge in [0.05, 0.1) is 11.0 Å². The first-order valence-corrected chi connectivity index (χ1v) is 10.9. The lowest BCUT2D eigenvalue weighted by Gasteiger charge is -2.37. The van der Waals surface area contributed by atoms with Crippen LogP contribution in [0.5, 0.6) is 5.75 Å². The molecular formula is C19H30BrN3O2S. The van der Waals surface area contributed by atoms with Gasteiger partial charge in [-0.1, -0.05) is 19.1 Å². The molecule has 1 aromatic carbocycles. The molecule has 1 fully saturated rings. The molecule has 1 saturated heterocycles. The third kappa shape index (κ3) is 6.67. The molecule has 146 valence electrons. The van der Waals surface area contributed by atoms with Crippen molar-refractivity contribution in [3.05, 3.63) is 28.7 Å². The maximum atomic E-state index is 5.98. The highest BCUT2D eigenvalue weighted by Gasteiger charge is 2.32. The molecule has 0 aliphatic carbocycles. The quantitative estimate of drug-likeness (QED) is 0.473. The van der Waals surface area contributed by atoms with Crippen LogP contribution >= 0.6 is 27.7 Å². The highest BCUT2D eigenvalue weighted by atomic mass is 79.9. The van der Waals surface area contributed by atoms with Gasteiger partial charge in [0.1, 0.15) is 11.9 Å². The van der Waals surface area contributed by atoms with Gasteiger partial charge in [0.2, 0.25) is 0 Å². The predicted molar refractivity (Wildman–Crippen MR) is 115 cm³/mol. The van der Waals surface area contributed by atoms with Gasteiger partial charge in [0.15, 0.2) is 5.96 Å². The monoisotopic (exact) mass is 443 g/mol. The summed E-state index contributed by atoms with van der Waals surface area (Å²) in [7, 11) is 1.80. The Hall–Kier alpha value is -0.920. The number of guanidine groups is 1. The predicted octanol–water partition coefficient (Wildman–Crippen LogP) is 3.68. The maximum Gasteiger partial charge on any atom is 0.191 e. The molecule has 0 amide bonds. The summed E-state index contributed by atoms with van der Waals surface area (Å²) < 4.78 is 12.7. The summed E-state index contributed by atoms with van der Waals surface area (Å²) in [6.07, 6.45) is 2.18. The van der Waals surface area contributed by atoms with Gasteiger partial charge in [-0.3, -0.25) is 4.99 Å². The molecule has 1 aromatic rings. The van der Waals surface area contributed by atoms with E-state index in [2.05, 4.69) is 38.5 Å². The van der Waals surface area contributed by atoms with Crippen molar-refractivity contribution in [3.8, 4) is 5.75 Å². The smallest absolute Gasteiger partial charge is 0.191 e. The average molecular weight is 444 g/mol. The van der Waals surface area contributed by atoms with Gasteiger partial charge in [0, 0.05) is 31.6 Å². The Bertz CT molecular complexity index is 574. The van der Waals surface area contributed by atoms with E-state index in [1.807, 2.05) is 43.0 Å². The Labute approximate surface area is 169 Å². The standard InChI is InChI=1S/C19H30BrN3O2S/c1-4-26-19(9-11-24-12-10-19)14-23-18(21-3)22-13-15(2)25-17-8-6-5-7-16(17)20/h5-8,15H,4,9-14H2,1-3H3,(H2,21,22,23). The van der Waals surface area contributed by atoms with Crippen molar-refractivity contribution in [2.24, 2.45) is 4.99 Å². The molecule has 0 bridgehead atoms. The van der Waals surface area contributed by atoms with Crippen LogP contribution in [0.1, 0.15) is 26.7 Å². The van der Waals surface area contributed by atoms with E-state index in [0.29, 0.717) is 6.54 Å². The molecule has 1 aliphatic rings. The zero-order valence-corrected chi connectivity index (χ0v) is 18.3. The van der Waals surface area contributed by atoms with Crippen LogP contribution in [0.3, 0.4) is 0 Å². The van der Waals surface area contributed by atoms with Crippen molar-refractivity contribution >= 4 is 33.7 Å². The number of nitrogens with one attached hydrogen (secondary N) is 2. The summed E-state index contributed by atoms with van der Waals surface area (Å²) >= 11 is 5.54. The highest BCUT2D eigenvalue weighted by molar-refractivity contribution is 9.10. The molecule has 1 unspecified atom stereocenters. The van der Waals surface area contributed by atoms with Gasteiger partial charge in [-0.15, -0.1) is 0 Å². The largest absolute Gasteiger partial charge is 0.488 e. The number of rotatable bonds is 8. The molecule has 0 spiro atoms. The van der Waals surface area contributed by atoms with E-state index in [0.717, 1.165) is 54.5 Å². The molecule has 0 aromatic heterocycles. The lowest BCUT2D eigenvalue weighted by Crippen LogP contribution is -2.49. The Balaban J connectivity index is 1.80. The van der Waals surface area contributed by atoms with E-state index in [9.17, 15) is 0 Å². The molecule has 2 rings (SSSR count). The lowest BCUT2D eigenvalue weighted by molar-refractivity contribution is 0.0782. The molecular weight excluding hydrogens is 414 g/mol. The SMILES string of the molecule is CCSC1(CNC(=NC)NCC(C)Oc2ccccc2Br)CCOCC1. The van der Waals surface area contributed by atoms with Gasteiger partial charge in [-0.05, 0) is 53.6 Å². The summed E-state index contributed by atoms with van der Waals surface area (Å²) in [5.74, 6) is 2.78. The van der Waals surface area contributed by atoms with Crippen molar-refractivity contribution in [3.63, 3.8) is 0 Å². The van der Waals surface area contributed by atoms with Gasteiger partial charge in [0.25, 0.3) is 0 Å². The lowest BCUT2D eigenvalue weighted by atomic mass is 9.99. The first-order chi connectivity index (χ1) is 12.6. The zero-order chi connectivity index (χ0) is 18.8. The van der Waals surface area contributed by atoms with Gasteiger partial charge < -0.3 is 20.1 Å². The molecule has 1 heterocycles. The van der Waals surface area contributed by atoms with E-state index in [1.165, 1.54) is 0 Å². The topological polar surface area (TPSA) is 54.9 Å².